The number of thiol groups is 1. The molecular weight excluding hydrogens is 264 g/mol. The van der Waals surface area contributed by atoms with E-state index in [-0.39, 0.29) is 5.78 Å². The van der Waals surface area contributed by atoms with E-state index in [1.165, 1.54) is 4.21 Å². The van der Waals surface area contributed by atoms with Gasteiger partial charge in [0.1, 0.15) is 0 Å². The Morgan fingerprint density at radius 1 is 1.20 bits per heavy atom. The zero-order valence-electron chi connectivity index (χ0n) is 7.89. The number of rotatable bonds is 3. The zero-order chi connectivity index (χ0) is 10.8. The molecule has 15 heavy (non-hydrogen) atoms. The second-order valence-corrected chi connectivity index (χ2v) is 7.42. The Balaban J connectivity index is 2.14. The Bertz CT molecular complexity index is 483. The number of hydrogen-bond donors (Lipinski definition) is 1. The molecular formula is C10H8OS4. The first-order valence-corrected chi connectivity index (χ1v) is 7.12. The molecule has 2 rings (SSSR count). The lowest BCUT2D eigenvalue weighted by Crippen LogP contribution is -1.83. The van der Waals surface area contributed by atoms with Crippen molar-refractivity contribution in [3.63, 3.8) is 0 Å². The van der Waals surface area contributed by atoms with E-state index >= 15 is 0 Å². The molecule has 1 nitrogen and oxygen atoms in total. The summed E-state index contributed by atoms with van der Waals surface area (Å²) in [6.45, 7) is 1.59. The van der Waals surface area contributed by atoms with Gasteiger partial charge in [0, 0.05) is 0 Å². The van der Waals surface area contributed by atoms with Gasteiger partial charge in [-0.25, -0.2) is 0 Å². The molecule has 0 unspecified atom stereocenters. The van der Waals surface area contributed by atoms with Crippen LogP contribution >= 0.6 is 47.1 Å². The van der Waals surface area contributed by atoms with Gasteiger partial charge >= 0.3 is 0 Å². The third kappa shape index (κ3) is 2.87. The van der Waals surface area contributed by atoms with Crippen molar-refractivity contribution in [3.05, 3.63) is 29.1 Å². The first-order chi connectivity index (χ1) is 7.15. The normalized spacial score (nSPS) is 10.5. The Morgan fingerprint density at radius 2 is 1.87 bits per heavy atom. The fraction of sp³-hybridized carbons (Fsp3) is 0.100. The van der Waals surface area contributed by atoms with Gasteiger partial charge in [0.2, 0.25) is 0 Å². The van der Waals surface area contributed by atoms with Crippen molar-refractivity contribution in [3.8, 4) is 0 Å². The predicted octanol–water partition coefficient (Wildman–Crippen LogP) is 4.45. The van der Waals surface area contributed by atoms with Gasteiger partial charge in [0.15, 0.2) is 5.78 Å². The van der Waals surface area contributed by atoms with E-state index in [1.807, 2.05) is 24.3 Å². The summed E-state index contributed by atoms with van der Waals surface area (Å²) in [7, 11) is 0. The van der Waals surface area contributed by atoms with Crippen molar-refractivity contribution >= 4 is 52.8 Å². The van der Waals surface area contributed by atoms with Crippen molar-refractivity contribution in [2.45, 2.75) is 19.6 Å². The van der Waals surface area contributed by atoms with E-state index < -0.39 is 0 Å². The Morgan fingerprint density at radius 3 is 2.40 bits per heavy atom. The smallest absolute Gasteiger partial charge is 0.169 e. The van der Waals surface area contributed by atoms with E-state index in [4.69, 9.17) is 0 Å². The predicted molar refractivity (Wildman–Crippen MR) is 70.0 cm³/mol. The molecule has 2 aromatic heterocycles. The van der Waals surface area contributed by atoms with Crippen molar-refractivity contribution in [2.75, 3.05) is 0 Å². The van der Waals surface area contributed by atoms with Crippen LogP contribution in [0.25, 0.3) is 0 Å². The number of carbonyl (C=O) groups excluding carboxylic acids is 1. The summed E-state index contributed by atoms with van der Waals surface area (Å²) in [5.41, 5.74) is 0. The first-order valence-electron chi connectivity index (χ1n) is 4.22. The molecule has 0 amide bonds. The third-order valence-corrected chi connectivity index (χ3v) is 5.46. The number of ketones is 1. The minimum Gasteiger partial charge on any atom is -0.294 e. The molecule has 0 aliphatic rings. The second kappa shape index (κ2) is 4.74. The summed E-state index contributed by atoms with van der Waals surface area (Å²) >= 11 is 9.14. The molecule has 0 radical (unpaired) electrons. The summed E-state index contributed by atoms with van der Waals surface area (Å²) in [6.07, 6.45) is 0. The number of thiophene rings is 2. The molecule has 0 spiro atoms. The largest absolute Gasteiger partial charge is 0.294 e. The van der Waals surface area contributed by atoms with Crippen molar-refractivity contribution in [1.29, 1.82) is 0 Å². The van der Waals surface area contributed by atoms with Crippen molar-refractivity contribution in [2.24, 2.45) is 0 Å². The average molecular weight is 272 g/mol. The summed E-state index contributed by atoms with van der Waals surface area (Å²) in [6, 6.07) is 7.90. The minimum atomic E-state index is 0.132. The van der Waals surface area contributed by atoms with Crippen LogP contribution in [0.5, 0.6) is 0 Å². The SMILES string of the molecule is CC(=O)c1ccc(Sc2ccc(S)s2)s1. The summed E-state index contributed by atoms with van der Waals surface area (Å²) < 4.78 is 3.37. The fourth-order valence-electron chi connectivity index (χ4n) is 1.03. The van der Waals surface area contributed by atoms with Crippen LogP contribution in [0.15, 0.2) is 36.9 Å². The van der Waals surface area contributed by atoms with E-state index in [0.717, 1.165) is 13.3 Å². The molecule has 2 aromatic rings. The van der Waals surface area contributed by atoms with Gasteiger partial charge in [0.25, 0.3) is 0 Å². The summed E-state index contributed by atoms with van der Waals surface area (Å²) in [5, 5.41) is 0. The number of carbonyl (C=O) groups is 1. The van der Waals surface area contributed by atoms with Gasteiger partial charge in [0.05, 0.1) is 17.5 Å². The van der Waals surface area contributed by atoms with E-state index in [9.17, 15) is 4.79 Å². The first kappa shape index (κ1) is 11.3. The molecule has 0 atom stereocenters. The van der Waals surface area contributed by atoms with Gasteiger partial charge in [-0.2, -0.15) is 0 Å². The Kier molecular flexibility index (Phi) is 3.56. The van der Waals surface area contributed by atoms with E-state index in [0.29, 0.717) is 0 Å². The lowest BCUT2D eigenvalue weighted by Gasteiger charge is -1.91. The van der Waals surface area contributed by atoms with Crippen LogP contribution in [-0.2, 0) is 0 Å². The highest BCUT2D eigenvalue weighted by Crippen LogP contribution is 2.38. The highest BCUT2D eigenvalue weighted by Gasteiger charge is 2.06. The number of Topliss-reactive ketones (excluding diaryl/α,β-unsaturated/α-hetero) is 1. The molecule has 2 heterocycles. The maximum Gasteiger partial charge on any atom is 0.169 e. The van der Waals surface area contributed by atoms with Gasteiger partial charge in [-0.3, -0.25) is 4.79 Å². The third-order valence-electron chi connectivity index (χ3n) is 1.70. The Labute approximate surface area is 106 Å². The van der Waals surface area contributed by atoms with Crippen LogP contribution in [0.2, 0.25) is 0 Å². The van der Waals surface area contributed by atoms with Crippen molar-refractivity contribution < 1.29 is 4.79 Å². The topological polar surface area (TPSA) is 17.1 Å². The highest BCUT2D eigenvalue weighted by molar-refractivity contribution is 8.03. The fourth-order valence-corrected chi connectivity index (χ4v) is 4.73. The lowest BCUT2D eigenvalue weighted by atomic mass is 10.4. The van der Waals surface area contributed by atoms with Crippen molar-refractivity contribution in [1.82, 2.24) is 0 Å². The quantitative estimate of drug-likeness (QED) is 0.656. The standard InChI is InChI=1S/C10H8OS4/c1-6(11)7-2-4-9(13-7)15-10-5-3-8(12)14-10/h2-5,12H,1H3. The van der Waals surface area contributed by atoms with Gasteiger partial charge in [-0.15, -0.1) is 35.3 Å². The lowest BCUT2D eigenvalue weighted by molar-refractivity contribution is 0.102. The minimum absolute atomic E-state index is 0.132. The molecule has 0 saturated heterocycles. The summed E-state index contributed by atoms with van der Waals surface area (Å²) in [5.74, 6) is 0.132. The highest BCUT2D eigenvalue weighted by atomic mass is 32.2. The van der Waals surface area contributed by atoms with Gasteiger partial charge in [-0.05, 0) is 31.2 Å². The molecule has 0 N–H and O–H groups in total. The van der Waals surface area contributed by atoms with Crippen LogP contribution in [0.4, 0.5) is 0 Å². The molecule has 0 aliphatic carbocycles. The van der Waals surface area contributed by atoms with Crippen LogP contribution in [0.3, 0.4) is 0 Å². The Hall–Kier alpha value is -0.230. The maximum absolute atomic E-state index is 11.1. The molecule has 0 saturated carbocycles. The van der Waals surface area contributed by atoms with E-state index in [2.05, 4.69) is 12.6 Å². The van der Waals surface area contributed by atoms with Crippen LogP contribution in [0, 0.1) is 0 Å². The molecule has 0 aliphatic heterocycles. The number of hydrogen-bond acceptors (Lipinski definition) is 5. The van der Waals surface area contributed by atoms with E-state index in [1.54, 1.807) is 41.4 Å². The van der Waals surface area contributed by atoms with Gasteiger partial charge < -0.3 is 0 Å². The van der Waals surface area contributed by atoms with Crippen LogP contribution < -0.4 is 0 Å². The zero-order valence-corrected chi connectivity index (χ0v) is 11.2. The van der Waals surface area contributed by atoms with Crippen LogP contribution in [-0.4, -0.2) is 5.78 Å². The monoisotopic (exact) mass is 272 g/mol. The maximum atomic E-state index is 11.1. The molecule has 0 aromatic carbocycles. The molecule has 0 fully saturated rings. The molecule has 5 heteroatoms. The second-order valence-electron chi connectivity index (χ2n) is 2.87. The van der Waals surface area contributed by atoms with Crippen LogP contribution in [0.1, 0.15) is 16.6 Å². The van der Waals surface area contributed by atoms with Gasteiger partial charge in [-0.1, -0.05) is 11.8 Å². The summed E-state index contributed by atoms with van der Waals surface area (Å²) in [4.78, 5) is 11.9. The molecule has 0 bridgehead atoms. The average Bonchev–Trinajstić information content (AvgIpc) is 2.76. The molecule has 78 valence electrons.